The van der Waals surface area contributed by atoms with E-state index >= 15 is 0 Å². The lowest BCUT2D eigenvalue weighted by molar-refractivity contribution is 0.0957. The highest BCUT2D eigenvalue weighted by Gasteiger charge is 2.11. The topological polar surface area (TPSA) is 94.0 Å². The predicted molar refractivity (Wildman–Crippen MR) is 77.4 cm³/mol. The van der Waals surface area contributed by atoms with Crippen LogP contribution in [-0.2, 0) is 11.3 Å². The van der Waals surface area contributed by atoms with E-state index in [1.54, 1.807) is 32.5 Å². The Morgan fingerprint density at radius 1 is 1.43 bits per heavy atom. The lowest BCUT2D eigenvalue weighted by Crippen LogP contribution is -2.18. The Morgan fingerprint density at radius 3 is 2.90 bits per heavy atom. The molecule has 0 radical (unpaired) electrons. The van der Waals surface area contributed by atoms with Crippen molar-refractivity contribution in [1.82, 2.24) is 25.1 Å². The molecule has 0 atom stereocenters. The van der Waals surface area contributed by atoms with Gasteiger partial charge in [0.1, 0.15) is 12.4 Å². The first-order valence-electron chi connectivity index (χ1n) is 6.56. The minimum absolute atomic E-state index is 0.244. The predicted octanol–water partition coefficient (Wildman–Crippen LogP) is 0.600. The van der Waals surface area contributed by atoms with Crippen LogP contribution in [0.1, 0.15) is 23.2 Å². The highest BCUT2D eigenvalue weighted by Crippen LogP contribution is 2.12. The molecule has 112 valence electrons. The third-order valence-electron chi connectivity index (χ3n) is 2.67. The minimum Gasteiger partial charge on any atom is -0.377 e. The van der Waals surface area contributed by atoms with Gasteiger partial charge in [-0.05, 0) is 13.0 Å². The maximum Gasteiger partial charge on any atom is 0.271 e. The Kier molecular flexibility index (Phi) is 4.83. The van der Waals surface area contributed by atoms with Gasteiger partial charge >= 0.3 is 0 Å². The van der Waals surface area contributed by atoms with Crippen molar-refractivity contribution in [3.8, 4) is 5.82 Å². The standard InChI is InChI=1S/C13H18N6O2/c1-4-15-10-7-12(17-11(16-10)8-21-3)19-6-5-9(18-19)13(20)14-2/h5-7H,4,8H2,1-3H3,(H,14,20)(H,15,16,17). The number of amides is 1. The van der Waals surface area contributed by atoms with Crippen molar-refractivity contribution in [2.45, 2.75) is 13.5 Å². The first kappa shape index (κ1) is 14.9. The van der Waals surface area contributed by atoms with Gasteiger partial charge in [0.05, 0.1) is 0 Å². The van der Waals surface area contributed by atoms with Gasteiger partial charge < -0.3 is 15.4 Å². The molecule has 0 aliphatic rings. The Bertz CT molecular complexity index is 601. The lowest BCUT2D eigenvalue weighted by atomic mass is 10.4. The molecular formula is C13H18N6O2. The molecule has 0 saturated carbocycles. The number of ether oxygens (including phenoxy) is 1. The fourth-order valence-electron chi connectivity index (χ4n) is 1.77. The SMILES string of the molecule is CCNc1cc(-n2ccc(C(=O)NC)n2)nc(COC)n1. The molecule has 0 fully saturated rings. The van der Waals surface area contributed by atoms with Gasteiger partial charge in [0.15, 0.2) is 17.3 Å². The second-order valence-corrected chi connectivity index (χ2v) is 4.22. The molecule has 8 heteroatoms. The molecule has 8 nitrogen and oxygen atoms in total. The second kappa shape index (κ2) is 6.80. The van der Waals surface area contributed by atoms with Gasteiger partial charge in [0, 0.05) is 33.0 Å². The number of methoxy groups -OCH3 is 1. The summed E-state index contributed by atoms with van der Waals surface area (Å²) in [7, 11) is 3.15. The summed E-state index contributed by atoms with van der Waals surface area (Å²) >= 11 is 0. The number of hydrogen-bond acceptors (Lipinski definition) is 6. The van der Waals surface area contributed by atoms with Crippen molar-refractivity contribution < 1.29 is 9.53 Å². The zero-order valence-electron chi connectivity index (χ0n) is 12.3. The summed E-state index contributed by atoms with van der Waals surface area (Å²) in [6, 6.07) is 3.40. The van der Waals surface area contributed by atoms with Crippen LogP contribution in [0.15, 0.2) is 18.3 Å². The maximum atomic E-state index is 11.5. The first-order valence-corrected chi connectivity index (χ1v) is 6.56. The number of nitrogens with one attached hydrogen (secondary N) is 2. The van der Waals surface area contributed by atoms with Crippen LogP contribution in [0.4, 0.5) is 5.82 Å². The largest absolute Gasteiger partial charge is 0.377 e. The van der Waals surface area contributed by atoms with Crippen molar-refractivity contribution in [3.63, 3.8) is 0 Å². The van der Waals surface area contributed by atoms with Crippen molar-refractivity contribution in [3.05, 3.63) is 29.8 Å². The van der Waals surface area contributed by atoms with Crippen LogP contribution in [0.25, 0.3) is 5.82 Å². The fourth-order valence-corrected chi connectivity index (χ4v) is 1.77. The van der Waals surface area contributed by atoms with E-state index in [0.717, 1.165) is 6.54 Å². The molecule has 0 saturated heterocycles. The van der Waals surface area contributed by atoms with Crippen molar-refractivity contribution in [2.24, 2.45) is 0 Å². The highest BCUT2D eigenvalue weighted by atomic mass is 16.5. The molecular weight excluding hydrogens is 272 g/mol. The van der Waals surface area contributed by atoms with Gasteiger partial charge in [-0.15, -0.1) is 0 Å². The maximum absolute atomic E-state index is 11.5. The number of carbonyl (C=O) groups is 1. The van der Waals surface area contributed by atoms with Crippen molar-refractivity contribution in [1.29, 1.82) is 0 Å². The minimum atomic E-state index is -0.244. The number of rotatable bonds is 6. The van der Waals surface area contributed by atoms with E-state index in [1.165, 1.54) is 4.68 Å². The van der Waals surface area contributed by atoms with Gasteiger partial charge in [-0.2, -0.15) is 5.10 Å². The molecule has 1 amide bonds. The lowest BCUT2D eigenvalue weighted by Gasteiger charge is -2.08. The number of nitrogens with zero attached hydrogens (tertiary/aromatic N) is 4. The van der Waals surface area contributed by atoms with Crippen molar-refractivity contribution >= 4 is 11.7 Å². The zero-order chi connectivity index (χ0) is 15.2. The Labute approximate surface area is 122 Å². The number of carbonyl (C=O) groups excluding carboxylic acids is 1. The van der Waals surface area contributed by atoms with Crippen LogP contribution >= 0.6 is 0 Å². The monoisotopic (exact) mass is 290 g/mol. The van der Waals surface area contributed by atoms with Crippen LogP contribution in [0.2, 0.25) is 0 Å². The molecule has 2 aromatic heterocycles. The van der Waals surface area contributed by atoms with Crippen LogP contribution in [0.5, 0.6) is 0 Å². The van der Waals surface area contributed by atoms with Gasteiger partial charge in [0.25, 0.3) is 5.91 Å². The normalized spacial score (nSPS) is 10.4. The van der Waals surface area contributed by atoms with E-state index < -0.39 is 0 Å². The van der Waals surface area contributed by atoms with Gasteiger partial charge in [-0.25, -0.2) is 14.6 Å². The molecule has 0 aliphatic heterocycles. The molecule has 2 N–H and O–H groups in total. The van der Waals surface area contributed by atoms with Gasteiger partial charge in [-0.3, -0.25) is 4.79 Å². The third-order valence-corrected chi connectivity index (χ3v) is 2.67. The second-order valence-electron chi connectivity index (χ2n) is 4.22. The molecule has 0 unspecified atom stereocenters. The van der Waals surface area contributed by atoms with Crippen LogP contribution in [-0.4, -0.2) is 46.4 Å². The summed E-state index contributed by atoms with van der Waals surface area (Å²) < 4.78 is 6.60. The van der Waals surface area contributed by atoms with E-state index in [0.29, 0.717) is 29.8 Å². The molecule has 0 aromatic carbocycles. The smallest absolute Gasteiger partial charge is 0.271 e. The quantitative estimate of drug-likeness (QED) is 0.809. The van der Waals surface area contributed by atoms with Gasteiger partial charge in [0.2, 0.25) is 0 Å². The molecule has 2 rings (SSSR count). The summed E-state index contributed by atoms with van der Waals surface area (Å²) in [6.07, 6.45) is 1.68. The molecule has 21 heavy (non-hydrogen) atoms. The summed E-state index contributed by atoms with van der Waals surface area (Å²) in [5.41, 5.74) is 0.328. The summed E-state index contributed by atoms with van der Waals surface area (Å²) in [5, 5.41) is 9.86. The zero-order valence-corrected chi connectivity index (χ0v) is 12.3. The van der Waals surface area contributed by atoms with E-state index in [2.05, 4.69) is 25.7 Å². The average molecular weight is 290 g/mol. The van der Waals surface area contributed by atoms with E-state index in [4.69, 9.17) is 4.74 Å². The highest BCUT2D eigenvalue weighted by molar-refractivity contribution is 5.91. The molecule has 2 aromatic rings. The molecule has 0 aliphatic carbocycles. The van der Waals surface area contributed by atoms with Crippen LogP contribution in [0.3, 0.4) is 0 Å². The summed E-state index contributed by atoms with van der Waals surface area (Å²) in [5.74, 6) is 1.56. The first-order chi connectivity index (χ1) is 10.2. The number of aromatic nitrogens is 4. The van der Waals surface area contributed by atoms with Crippen LogP contribution in [0, 0.1) is 0 Å². The van der Waals surface area contributed by atoms with Crippen molar-refractivity contribution in [2.75, 3.05) is 26.0 Å². The summed E-state index contributed by atoms with van der Waals surface area (Å²) in [6.45, 7) is 3.02. The Morgan fingerprint density at radius 2 is 2.24 bits per heavy atom. The van der Waals surface area contributed by atoms with E-state index in [9.17, 15) is 4.79 Å². The average Bonchev–Trinajstić information content (AvgIpc) is 2.97. The molecule has 0 bridgehead atoms. The molecule has 2 heterocycles. The Hall–Kier alpha value is -2.48. The van der Waals surface area contributed by atoms with Gasteiger partial charge in [-0.1, -0.05) is 0 Å². The van der Waals surface area contributed by atoms with E-state index in [1.807, 2.05) is 6.92 Å². The number of hydrogen-bond donors (Lipinski definition) is 2. The summed E-state index contributed by atoms with van der Waals surface area (Å²) in [4.78, 5) is 20.2. The fraction of sp³-hybridized carbons (Fsp3) is 0.385. The van der Waals surface area contributed by atoms with E-state index in [-0.39, 0.29) is 5.91 Å². The van der Waals surface area contributed by atoms with Crippen LogP contribution < -0.4 is 10.6 Å². The third kappa shape index (κ3) is 3.54. The number of anilines is 1. The molecule has 0 spiro atoms. The Balaban J connectivity index is 2.37.